The highest BCUT2D eigenvalue weighted by Crippen LogP contribution is 2.28. The summed E-state index contributed by atoms with van der Waals surface area (Å²) in [6.07, 6.45) is 2.25. The molecule has 3 heterocycles. The van der Waals surface area contributed by atoms with E-state index in [-0.39, 0.29) is 18.0 Å². The number of pyridine rings is 1. The summed E-state index contributed by atoms with van der Waals surface area (Å²) in [5.74, 6) is 1.11. The van der Waals surface area contributed by atoms with Gasteiger partial charge in [0, 0.05) is 24.5 Å². The van der Waals surface area contributed by atoms with Crippen LogP contribution in [0.2, 0.25) is 0 Å². The molecule has 1 aromatic carbocycles. The molecule has 8 heteroatoms. The van der Waals surface area contributed by atoms with E-state index in [2.05, 4.69) is 15.3 Å². The number of aryl methyl sites for hydroxylation is 1. The molecule has 0 saturated carbocycles. The van der Waals surface area contributed by atoms with Crippen LogP contribution in [0.25, 0.3) is 20.4 Å². The Bertz CT molecular complexity index is 1240. The Balaban J connectivity index is 1.59. The number of aromatic nitrogens is 3. The smallest absolute Gasteiger partial charge is 0.272 e. The van der Waals surface area contributed by atoms with Crippen LogP contribution in [0.3, 0.4) is 0 Å². The number of fused-ring (bicyclic) bond motifs is 3. The van der Waals surface area contributed by atoms with Gasteiger partial charge in [-0.25, -0.2) is 9.97 Å². The van der Waals surface area contributed by atoms with Gasteiger partial charge < -0.3 is 10.1 Å². The van der Waals surface area contributed by atoms with Gasteiger partial charge in [-0.3, -0.25) is 14.2 Å². The van der Waals surface area contributed by atoms with Crippen LogP contribution < -0.4 is 15.6 Å². The summed E-state index contributed by atoms with van der Waals surface area (Å²) in [5, 5.41) is 3.73. The molecule has 148 valence electrons. The third-order valence-electron chi connectivity index (χ3n) is 4.70. The van der Waals surface area contributed by atoms with Crippen molar-refractivity contribution < 1.29 is 9.53 Å². The Kier molecular flexibility index (Phi) is 5.26. The standard InChI is InChI=1S/C21H20N4O3S/c1-3-16-24-18-15-5-4-10-22-20(15)29-19(18)21(27)25(16)12-17(26)23-11-13-6-8-14(28-2)9-7-13/h4-10H,3,11-12H2,1-2H3,(H,23,26). The summed E-state index contributed by atoms with van der Waals surface area (Å²) in [6, 6.07) is 11.2. The van der Waals surface area contributed by atoms with Crippen LogP contribution >= 0.6 is 11.3 Å². The summed E-state index contributed by atoms with van der Waals surface area (Å²) < 4.78 is 7.12. The number of hydrogen-bond donors (Lipinski definition) is 1. The van der Waals surface area contributed by atoms with Crippen LogP contribution in [0.15, 0.2) is 47.4 Å². The molecule has 0 aliphatic heterocycles. The van der Waals surface area contributed by atoms with Gasteiger partial charge in [-0.05, 0) is 29.8 Å². The molecule has 0 aliphatic carbocycles. The summed E-state index contributed by atoms with van der Waals surface area (Å²) in [5.41, 5.74) is 1.41. The van der Waals surface area contributed by atoms with Crippen molar-refractivity contribution in [2.45, 2.75) is 26.4 Å². The minimum absolute atomic E-state index is 0.0667. The van der Waals surface area contributed by atoms with Gasteiger partial charge in [0.25, 0.3) is 5.56 Å². The van der Waals surface area contributed by atoms with Gasteiger partial charge in [0.1, 0.15) is 27.6 Å². The fourth-order valence-corrected chi connectivity index (χ4v) is 4.21. The van der Waals surface area contributed by atoms with E-state index in [9.17, 15) is 9.59 Å². The quantitative estimate of drug-likeness (QED) is 0.530. The Labute approximate surface area is 171 Å². The number of carbonyl (C=O) groups excluding carboxylic acids is 1. The predicted molar refractivity (Wildman–Crippen MR) is 113 cm³/mol. The molecule has 3 aromatic heterocycles. The van der Waals surface area contributed by atoms with E-state index in [1.807, 2.05) is 43.3 Å². The van der Waals surface area contributed by atoms with E-state index in [1.54, 1.807) is 13.3 Å². The van der Waals surface area contributed by atoms with E-state index in [4.69, 9.17) is 4.74 Å². The average Bonchev–Trinajstić information content (AvgIpc) is 3.13. The second-order valence-electron chi connectivity index (χ2n) is 6.53. The number of rotatable bonds is 6. The number of thiophene rings is 1. The van der Waals surface area contributed by atoms with Crippen LogP contribution in [0.4, 0.5) is 0 Å². The van der Waals surface area contributed by atoms with Crippen molar-refractivity contribution in [1.29, 1.82) is 0 Å². The fourth-order valence-electron chi connectivity index (χ4n) is 3.18. The molecular weight excluding hydrogens is 388 g/mol. The monoisotopic (exact) mass is 408 g/mol. The summed E-state index contributed by atoms with van der Waals surface area (Å²) in [7, 11) is 1.61. The maximum atomic E-state index is 13.1. The van der Waals surface area contributed by atoms with Crippen LogP contribution in [0.1, 0.15) is 18.3 Å². The third-order valence-corrected chi connectivity index (χ3v) is 5.79. The number of methoxy groups -OCH3 is 1. The number of benzene rings is 1. The minimum atomic E-state index is -0.238. The topological polar surface area (TPSA) is 86.1 Å². The maximum absolute atomic E-state index is 13.1. The van der Waals surface area contributed by atoms with Crippen molar-refractivity contribution >= 4 is 37.7 Å². The van der Waals surface area contributed by atoms with Crippen molar-refractivity contribution in [2.24, 2.45) is 0 Å². The van der Waals surface area contributed by atoms with E-state index in [0.29, 0.717) is 29.0 Å². The fraction of sp³-hybridized carbons (Fsp3) is 0.238. The Morgan fingerprint density at radius 2 is 2.03 bits per heavy atom. The van der Waals surface area contributed by atoms with E-state index < -0.39 is 0 Å². The SMILES string of the molecule is CCc1nc2c(sc3ncccc32)c(=O)n1CC(=O)NCc1ccc(OC)cc1. The first-order chi connectivity index (χ1) is 14.1. The molecule has 0 spiro atoms. The zero-order valence-corrected chi connectivity index (χ0v) is 17.0. The zero-order valence-electron chi connectivity index (χ0n) is 16.1. The molecule has 0 aliphatic rings. The molecule has 29 heavy (non-hydrogen) atoms. The normalized spacial score (nSPS) is 11.1. The van der Waals surface area contributed by atoms with E-state index in [1.165, 1.54) is 15.9 Å². The first kappa shape index (κ1) is 19.1. The molecule has 4 aromatic rings. The number of carbonyl (C=O) groups is 1. The molecular formula is C21H20N4O3S. The van der Waals surface area contributed by atoms with Crippen LogP contribution in [0.5, 0.6) is 5.75 Å². The van der Waals surface area contributed by atoms with Crippen molar-refractivity contribution in [3.63, 3.8) is 0 Å². The summed E-state index contributed by atoms with van der Waals surface area (Å²) in [4.78, 5) is 35.3. The Morgan fingerprint density at radius 1 is 1.24 bits per heavy atom. The lowest BCUT2D eigenvalue weighted by atomic mass is 10.2. The first-order valence-corrected chi connectivity index (χ1v) is 10.1. The number of nitrogens with one attached hydrogen (secondary N) is 1. The number of ether oxygens (including phenoxy) is 1. The van der Waals surface area contributed by atoms with Gasteiger partial charge in [0.05, 0.1) is 12.6 Å². The van der Waals surface area contributed by atoms with Gasteiger partial charge in [0.15, 0.2) is 0 Å². The van der Waals surface area contributed by atoms with Crippen molar-refractivity contribution in [3.05, 3.63) is 64.3 Å². The highest BCUT2D eigenvalue weighted by molar-refractivity contribution is 7.25. The van der Waals surface area contributed by atoms with Crippen molar-refractivity contribution in [3.8, 4) is 5.75 Å². The molecule has 0 fully saturated rings. The lowest BCUT2D eigenvalue weighted by Gasteiger charge is -2.12. The molecule has 0 radical (unpaired) electrons. The van der Waals surface area contributed by atoms with Gasteiger partial charge in [0.2, 0.25) is 5.91 Å². The molecule has 1 amide bonds. The van der Waals surface area contributed by atoms with Crippen molar-refractivity contribution in [2.75, 3.05) is 7.11 Å². The number of amides is 1. The lowest BCUT2D eigenvalue weighted by Crippen LogP contribution is -2.34. The second kappa shape index (κ2) is 8.00. The van der Waals surface area contributed by atoms with Crippen LogP contribution in [-0.2, 0) is 24.3 Å². The third kappa shape index (κ3) is 3.71. The predicted octanol–water partition coefficient (Wildman–Crippen LogP) is 2.89. The molecule has 0 unspecified atom stereocenters. The summed E-state index contributed by atoms with van der Waals surface area (Å²) >= 11 is 1.31. The average molecular weight is 408 g/mol. The molecule has 0 saturated heterocycles. The van der Waals surface area contributed by atoms with Crippen LogP contribution in [-0.4, -0.2) is 27.6 Å². The maximum Gasteiger partial charge on any atom is 0.272 e. The van der Waals surface area contributed by atoms with Crippen molar-refractivity contribution in [1.82, 2.24) is 19.9 Å². The highest BCUT2D eigenvalue weighted by Gasteiger charge is 2.17. The highest BCUT2D eigenvalue weighted by atomic mass is 32.1. The van der Waals surface area contributed by atoms with Gasteiger partial charge in [-0.2, -0.15) is 0 Å². The Morgan fingerprint density at radius 3 is 2.76 bits per heavy atom. The van der Waals surface area contributed by atoms with E-state index in [0.717, 1.165) is 21.5 Å². The summed E-state index contributed by atoms with van der Waals surface area (Å²) in [6.45, 7) is 2.23. The number of hydrogen-bond acceptors (Lipinski definition) is 6. The van der Waals surface area contributed by atoms with Crippen LogP contribution in [0, 0.1) is 0 Å². The molecule has 0 bridgehead atoms. The molecule has 4 rings (SSSR count). The van der Waals surface area contributed by atoms with E-state index >= 15 is 0 Å². The van der Waals surface area contributed by atoms with Gasteiger partial charge in [-0.15, -0.1) is 11.3 Å². The largest absolute Gasteiger partial charge is 0.497 e. The molecule has 7 nitrogen and oxygen atoms in total. The lowest BCUT2D eigenvalue weighted by molar-refractivity contribution is -0.121. The van der Waals surface area contributed by atoms with Gasteiger partial charge >= 0.3 is 0 Å². The van der Waals surface area contributed by atoms with Gasteiger partial charge in [-0.1, -0.05) is 19.1 Å². The Hall–Kier alpha value is -3.26. The molecule has 0 atom stereocenters. The molecule has 1 N–H and O–H groups in total. The number of nitrogens with zero attached hydrogens (tertiary/aromatic N) is 3. The minimum Gasteiger partial charge on any atom is -0.497 e. The first-order valence-electron chi connectivity index (χ1n) is 9.27. The zero-order chi connectivity index (χ0) is 20.4. The second-order valence-corrected chi connectivity index (χ2v) is 7.53.